The van der Waals surface area contributed by atoms with Crippen LogP contribution in [0.25, 0.3) is 0 Å². The molecule has 1 aromatic heterocycles. The standard InChI is InChI=1S/C14H21N3O4/c1-4-21-14(5-7-20-8-6-14)13-16-9(2)10(11(15)17-13)12(18)19-3/h4-8H2,1-3H3,(H2,15,16,17). The van der Waals surface area contributed by atoms with E-state index in [0.717, 1.165) is 0 Å². The van der Waals surface area contributed by atoms with Crippen LogP contribution in [0.15, 0.2) is 0 Å². The Balaban J connectivity index is 2.45. The Bertz CT molecular complexity index is 498. The first kappa shape index (κ1) is 15.7. The lowest BCUT2D eigenvalue weighted by molar-refractivity contribution is -0.117. The Kier molecular flexibility index (Phi) is 4.74. The number of aromatic nitrogens is 2. The summed E-state index contributed by atoms with van der Waals surface area (Å²) in [5, 5.41) is 0. The molecule has 116 valence electrons. The third-order valence-corrected chi connectivity index (χ3v) is 3.64. The molecule has 0 amide bonds. The number of carbonyl (C=O) groups is 1. The maximum absolute atomic E-state index is 11.7. The molecule has 1 fully saturated rings. The maximum atomic E-state index is 11.7. The van der Waals surface area contributed by atoms with Gasteiger partial charge in [0.1, 0.15) is 17.0 Å². The zero-order valence-corrected chi connectivity index (χ0v) is 12.6. The first-order valence-electron chi connectivity index (χ1n) is 6.98. The third kappa shape index (κ3) is 2.98. The van der Waals surface area contributed by atoms with E-state index >= 15 is 0 Å². The number of esters is 1. The topological polar surface area (TPSA) is 96.6 Å². The summed E-state index contributed by atoms with van der Waals surface area (Å²) in [7, 11) is 1.30. The highest BCUT2D eigenvalue weighted by atomic mass is 16.5. The van der Waals surface area contributed by atoms with Gasteiger partial charge in [-0.1, -0.05) is 0 Å². The molecule has 1 aliphatic heterocycles. The quantitative estimate of drug-likeness (QED) is 0.833. The molecule has 0 aromatic carbocycles. The van der Waals surface area contributed by atoms with Crippen molar-refractivity contribution in [2.75, 3.05) is 32.7 Å². The fourth-order valence-corrected chi connectivity index (χ4v) is 2.56. The van der Waals surface area contributed by atoms with Crippen molar-refractivity contribution in [3.8, 4) is 0 Å². The lowest BCUT2D eigenvalue weighted by atomic mass is 9.92. The number of methoxy groups -OCH3 is 1. The normalized spacial score (nSPS) is 17.5. The van der Waals surface area contributed by atoms with Crippen LogP contribution in [0.4, 0.5) is 5.82 Å². The van der Waals surface area contributed by atoms with Gasteiger partial charge in [0.05, 0.1) is 12.8 Å². The summed E-state index contributed by atoms with van der Waals surface area (Å²) in [6.07, 6.45) is 1.33. The molecule has 0 atom stereocenters. The number of nitrogens with two attached hydrogens (primary N) is 1. The molecule has 2 rings (SSSR count). The van der Waals surface area contributed by atoms with Gasteiger partial charge in [0.2, 0.25) is 0 Å². The Morgan fingerprint density at radius 3 is 2.57 bits per heavy atom. The van der Waals surface area contributed by atoms with Crippen LogP contribution in [-0.4, -0.2) is 42.9 Å². The van der Waals surface area contributed by atoms with E-state index in [4.69, 9.17) is 19.9 Å². The van der Waals surface area contributed by atoms with Crippen molar-refractivity contribution in [2.45, 2.75) is 32.3 Å². The molecule has 1 aromatic rings. The molecule has 7 nitrogen and oxygen atoms in total. The summed E-state index contributed by atoms with van der Waals surface area (Å²) in [4.78, 5) is 20.5. The van der Waals surface area contributed by atoms with Crippen molar-refractivity contribution >= 4 is 11.8 Å². The van der Waals surface area contributed by atoms with Crippen LogP contribution in [-0.2, 0) is 19.8 Å². The van der Waals surface area contributed by atoms with E-state index in [1.54, 1.807) is 6.92 Å². The van der Waals surface area contributed by atoms with Crippen LogP contribution in [0.1, 0.15) is 41.6 Å². The van der Waals surface area contributed by atoms with E-state index in [-0.39, 0.29) is 11.4 Å². The van der Waals surface area contributed by atoms with Crippen LogP contribution in [0.5, 0.6) is 0 Å². The molecule has 0 spiro atoms. The highest BCUT2D eigenvalue weighted by Gasteiger charge is 2.39. The second-order valence-electron chi connectivity index (χ2n) is 4.92. The molecule has 0 aliphatic carbocycles. The van der Waals surface area contributed by atoms with Crippen molar-refractivity contribution in [1.29, 1.82) is 0 Å². The van der Waals surface area contributed by atoms with E-state index in [9.17, 15) is 4.79 Å². The summed E-state index contributed by atoms with van der Waals surface area (Å²) in [6, 6.07) is 0. The van der Waals surface area contributed by atoms with E-state index < -0.39 is 11.6 Å². The smallest absolute Gasteiger partial charge is 0.343 e. The first-order chi connectivity index (χ1) is 10.0. The average Bonchev–Trinajstić information content (AvgIpc) is 2.47. The van der Waals surface area contributed by atoms with Crippen LogP contribution >= 0.6 is 0 Å². The fraction of sp³-hybridized carbons (Fsp3) is 0.643. The number of nitrogens with zero attached hydrogens (tertiary/aromatic N) is 2. The number of aryl methyl sites for hydroxylation is 1. The molecular weight excluding hydrogens is 274 g/mol. The molecule has 2 heterocycles. The van der Waals surface area contributed by atoms with Crippen molar-refractivity contribution < 1.29 is 19.0 Å². The molecule has 1 aliphatic rings. The highest BCUT2D eigenvalue weighted by Crippen LogP contribution is 2.35. The molecule has 21 heavy (non-hydrogen) atoms. The minimum Gasteiger partial charge on any atom is -0.465 e. The minimum absolute atomic E-state index is 0.120. The number of carbonyl (C=O) groups excluding carboxylic acids is 1. The number of nitrogen functional groups attached to an aromatic ring is 1. The van der Waals surface area contributed by atoms with Crippen LogP contribution in [0, 0.1) is 6.92 Å². The third-order valence-electron chi connectivity index (χ3n) is 3.64. The molecular formula is C14H21N3O4. The first-order valence-corrected chi connectivity index (χ1v) is 6.98. The molecule has 1 saturated heterocycles. The van der Waals surface area contributed by atoms with Gasteiger partial charge < -0.3 is 19.9 Å². The van der Waals surface area contributed by atoms with Gasteiger partial charge in [-0.2, -0.15) is 0 Å². The van der Waals surface area contributed by atoms with Gasteiger partial charge in [0.25, 0.3) is 0 Å². The van der Waals surface area contributed by atoms with Gasteiger partial charge in [-0.25, -0.2) is 14.8 Å². The van der Waals surface area contributed by atoms with Gasteiger partial charge in [0, 0.05) is 32.7 Å². The van der Waals surface area contributed by atoms with Gasteiger partial charge >= 0.3 is 5.97 Å². The van der Waals surface area contributed by atoms with E-state index in [0.29, 0.717) is 44.2 Å². The summed E-state index contributed by atoms with van der Waals surface area (Å²) in [5.74, 6) is 0.0965. The summed E-state index contributed by atoms with van der Waals surface area (Å²) < 4.78 is 16.0. The highest BCUT2D eigenvalue weighted by molar-refractivity contribution is 5.95. The van der Waals surface area contributed by atoms with Crippen LogP contribution < -0.4 is 5.73 Å². The van der Waals surface area contributed by atoms with E-state index in [1.807, 2.05) is 6.92 Å². The number of ether oxygens (including phenoxy) is 3. The average molecular weight is 295 g/mol. The van der Waals surface area contributed by atoms with Gasteiger partial charge in [-0.05, 0) is 13.8 Å². The lowest BCUT2D eigenvalue weighted by Crippen LogP contribution is -2.39. The molecule has 0 saturated carbocycles. The zero-order chi connectivity index (χ0) is 15.5. The van der Waals surface area contributed by atoms with E-state index in [1.165, 1.54) is 7.11 Å². The number of anilines is 1. The van der Waals surface area contributed by atoms with Gasteiger partial charge in [-0.3, -0.25) is 0 Å². The summed E-state index contributed by atoms with van der Waals surface area (Å²) >= 11 is 0. The van der Waals surface area contributed by atoms with Crippen molar-refractivity contribution in [3.63, 3.8) is 0 Å². The minimum atomic E-state index is -0.597. The number of hydrogen-bond acceptors (Lipinski definition) is 7. The van der Waals surface area contributed by atoms with E-state index in [2.05, 4.69) is 9.97 Å². The van der Waals surface area contributed by atoms with Gasteiger partial charge in [-0.15, -0.1) is 0 Å². The second-order valence-corrected chi connectivity index (χ2v) is 4.92. The monoisotopic (exact) mass is 295 g/mol. The molecule has 2 N–H and O–H groups in total. The Morgan fingerprint density at radius 2 is 2.05 bits per heavy atom. The molecule has 0 unspecified atom stereocenters. The van der Waals surface area contributed by atoms with Crippen LogP contribution in [0.3, 0.4) is 0 Å². The summed E-state index contributed by atoms with van der Waals surface area (Å²) in [6.45, 7) is 5.35. The Morgan fingerprint density at radius 1 is 1.38 bits per heavy atom. The maximum Gasteiger partial charge on any atom is 0.343 e. The van der Waals surface area contributed by atoms with Crippen molar-refractivity contribution in [1.82, 2.24) is 9.97 Å². The SMILES string of the molecule is CCOC1(c2nc(C)c(C(=O)OC)c(N)n2)CCOCC1. The zero-order valence-electron chi connectivity index (χ0n) is 12.6. The fourth-order valence-electron chi connectivity index (χ4n) is 2.56. The Hall–Kier alpha value is -1.73. The van der Waals surface area contributed by atoms with Gasteiger partial charge in [0.15, 0.2) is 5.82 Å². The molecule has 0 radical (unpaired) electrons. The number of rotatable bonds is 4. The predicted octanol–water partition coefficient (Wildman–Crippen LogP) is 1.20. The molecule has 7 heteroatoms. The Labute approximate surface area is 123 Å². The largest absolute Gasteiger partial charge is 0.465 e. The number of hydrogen-bond donors (Lipinski definition) is 1. The lowest BCUT2D eigenvalue weighted by Gasteiger charge is -2.35. The predicted molar refractivity (Wildman–Crippen MR) is 75.9 cm³/mol. The molecule has 0 bridgehead atoms. The van der Waals surface area contributed by atoms with Crippen molar-refractivity contribution in [3.05, 3.63) is 17.1 Å². The van der Waals surface area contributed by atoms with Crippen molar-refractivity contribution in [2.24, 2.45) is 0 Å². The second kappa shape index (κ2) is 6.36. The summed E-state index contributed by atoms with van der Waals surface area (Å²) in [5.41, 5.74) is 6.03. The van der Waals surface area contributed by atoms with Crippen LogP contribution in [0.2, 0.25) is 0 Å².